The van der Waals surface area contributed by atoms with E-state index in [9.17, 15) is 0 Å². The van der Waals surface area contributed by atoms with Gasteiger partial charge in [-0.2, -0.15) is 0 Å². The molecule has 1 aliphatic rings. The zero-order chi connectivity index (χ0) is 10.1. The predicted octanol–water partition coefficient (Wildman–Crippen LogP) is 2.96. The molecule has 1 heteroatoms. The van der Waals surface area contributed by atoms with E-state index in [1.807, 2.05) is 0 Å². The van der Waals surface area contributed by atoms with E-state index in [2.05, 4.69) is 45.3 Å². The van der Waals surface area contributed by atoms with Crippen molar-refractivity contribution in [1.29, 1.82) is 0 Å². The zero-order valence-corrected chi connectivity index (χ0v) is 9.06. The maximum absolute atomic E-state index is 4.12. The molecule has 1 saturated carbocycles. The molecule has 1 unspecified atom stereocenters. The largest absolute Gasteiger partial charge is 0.388 e. The molecule has 1 fully saturated rings. The van der Waals surface area contributed by atoms with Gasteiger partial charge in [0.2, 0.25) is 0 Å². The van der Waals surface area contributed by atoms with Gasteiger partial charge in [-0.25, -0.2) is 0 Å². The van der Waals surface area contributed by atoms with Crippen LogP contribution < -0.4 is 5.32 Å². The van der Waals surface area contributed by atoms with Crippen LogP contribution >= 0.6 is 0 Å². The SMILES string of the molecule is C=C[C@]1(C(=C)NCC)C(C)[C@H]1CC. The van der Waals surface area contributed by atoms with Crippen LogP contribution in [0.2, 0.25) is 0 Å². The van der Waals surface area contributed by atoms with Crippen molar-refractivity contribution < 1.29 is 0 Å². The van der Waals surface area contributed by atoms with Gasteiger partial charge < -0.3 is 5.32 Å². The van der Waals surface area contributed by atoms with Crippen LogP contribution in [0, 0.1) is 17.3 Å². The molecule has 0 aromatic rings. The van der Waals surface area contributed by atoms with Crippen LogP contribution in [-0.2, 0) is 0 Å². The molecule has 0 bridgehead atoms. The summed E-state index contributed by atoms with van der Waals surface area (Å²) in [6.07, 6.45) is 3.30. The van der Waals surface area contributed by atoms with Crippen molar-refractivity contribution in [2.24, 2.45) is 17.3 Å². The van der Waals surface area contributed by atoms with Gasteiger partial charge in [-0.15, -0.1) is 6.58 Å². The normalized spacial score (nSPS) is 36.8. The van der Waals surface area contributed by atoms with Crippen LogP contribution in [-0.4, -0.2) is 6.54 Å². The highest BCUT2D eigenvalue weighted by Gasteiger charge is 2.60. The second-order valence-corrected chi connectivity index (χ2v) is 3.95. The number of rotatable bonds is 5. The fourth-order valence-electron chi connectivity index (χ4n) is 2.70. The van der Waals surface area contributed by atoms with Crippen molar-refractivity contribution >= 4 is 0 Å². The smallest absolute Gasteiger partial charge is 0.0331 e. The molecule has 0 aromatic heterocycles. The summed E-state index contributed by atoms with van der Waals surface area (Å²) in [6.45, 7) is 15.7. The summed E-state index contributed by atoms with van der Waals surface area (Å²) < 4.78 is 0. The minimum Gasteiger partial charge on any atom is -0.388 e. The third-order valence-electron chi connectivity index (χ3n) is 3.55. The monoisotopic (exact) mass is 179 g/mol. The first-order valence-corrected chi connectivity index (χ1v) is 5.21. The maximum Gasteiger partial charge on any atom is 0.0331 e. The molecule has 1 rings (SSSR count). The molecule has 0 spiro atoms. The lowest BCUT2D eigenvalue weighted by Crippen LogP contribution is -2.21. The van der Waals surface area contributed by atoms with Crippen molar-refractivity contribution in [3.05, 3.63) is 24.9 Å². The van der Waals surface area contributed by atoms with Gasteiger partial charge in [0.25, 0.3) is 0 Å². The van der Waals surface area contributed by atoms with Crippen molar-refractivity contribution in [3.8, 4) is 0 Å². The number of hydrogen-bond acceptors (Lipinski definition) is 1. The van der Waals surface area contributed by atoms with E-state index < -0.39 is 0 Å². The van der Waals surface area contributed by atoms with E-state index in [0.717, 1.165) is 18.2 Å². The standard InChI is InChI=1S/C12H21N/c1-6-11-9(4)12(11,7-2)10(5)13-8-3/h7,9,11,13H,2,5-6,8H2,1,3-4H3/t9?,11-,12-/m1/s1. The van der Waals surface area contributed by atoms with Gasteiger partial charge in [0.1, 0.15) is 0 Å². The van der Waals surface area contributed by atoms with Crippen LogP contribution in [0.5, 0.6) is 0 Å². The van der Waals surface area contributed by atoms with Crippen LogP contribution in [0.3, 0.4) is 0 Å². The van der Waals surface area contributed by atoms with Gasteiger partial charge in [0, 0.05) is 17.7 Å². The van der Waals surface area contributed by atoms with Crippen molar-refractivity contribution in [3.63, 3.8) is 0 Å². The zero-order valence-electron chi connectivity index (χ0n) is 9.06. The molecule has 0 aromatic carbocycles. The quantitative estimate of drug-likeness (QED) is 0.640. The number of allylic oxidation sites excluding steroid dienone is 1. The van der Waals surface area contributed by atoms with Crippen LogP contribution in [0.25, 0.3) is 0 Å². The highest BCUT2D eigenvalue weighted by Crippen LogP contribution is 2.64. The average Bonchev–Trinajstić information content (AvgIpc) is 2.72. The molecule has 0 heterocycles. The van der Waals surface area contributed by atoms with Gasteiger partial charge in [0.15, 0.2) is 0 Å². The first-order chi connectivity index (χ1) is 6.15. The fraction of sp³-hybridized carbons (Fsp3) is 0.667. The van der Waals surface area contributed by atoms with Gasteiger partial charge in [-0.05, 0) is 18.8 Å². The molecule has 0 amide bonds. The third-order valence-corrected chi connectivity index (χ3v) is 3.55. The summed E-state index contributed by atoms with van der Waals surface area (Å²) in [4.78, 5) is 0. The Morgan fingerprint density at radius 1 is 1.54 bits per heavy atom. The summed E-state index contributed by atoms with van der Waals surface area (Å²) >= 11 is 0. The Balaban J connectivity index is 2.74. The minimum atomic E-state index is 0.185. The summed E-state index contributed by atoms with van der Waals surface area (Å²) in [7, 11) is 0. The van der Waals surface area contributed by atoms with Crippen molar-refractivity contribution in [1.82, 2.24) is 5.32 Å². The maximum atomic E-state index is 4.12. The molecule has 0 aliphatic heterocycles. The molecular formula is C12H21N. The van der Waals surface area contributed by atoms with Gasteiger partial charge in [0.05, 0.1) is 0 Å². The first kappa shape index (κ1) is 10.4. The molecule has 1 nitrogen and oxygen atoms in total. The summed E-state index contributed by atoms with van der Waals surface area (Å²) in [5.41, 5.74) is 1.34. The highest BCUT2D eigenvalue weighted by molar-refractivity contribution is 5.31. The lowest BCUT2D eigenvalue weighted by molar-refractivity contribution is 0.585. The lowest BCUT2D eigenvalue weighted by Gasteiger charge is -2.17. The molecule has 13 heavy (non-hydrogen) atoms. The van der Waals surface area contributed by atoms with E-state index in [0.29, 0.717) is 5.92 Å². The predicted molar refractivity (Wildman–Crippen MR) is 58.4 cm³/mol. The number of nitrogens with one attached hydrogen (secondary N) is 1. The van der Waals surface area contributed by atoms with Crippen LogP contribution in [0.4, 0.5) is 0 Å². The van der Waals surface area contributed by atoms with Crippen LogP contribution in [0.1, 0.15) is 27.2 Å². The Morgan fingerprint density at radius 3 is 2.46 bits per heavy atom. The Morgan fingerprint density at radius 2 is 2.15 bits per heavy atom. The Labute approximate surface area is 81.9 Å². The van der Waals surface area contributed by atoms with E-state index in [1.165, 1.54) is 6.42 Å². The molecular weight excluding hydrogens is 158 g/mol. The molecule has 0 radical (unpaired) electrons. The Hall–Kier alpha value is -0.720. The second kappa shape index (κ2) is 3.57. The fourth-order valence-corrected chi connectivity index (χ4v) is 2.70. The summed E-state index contributed by atoms with van der Waals surface area (Å²) in [5.74, 6) is 1.46. The Kier molecular flexibility index (Phi) is 2.84. The van der Waals surface area contributed by atoms with E-state index >= 15 is 0 Å². The summed E-state index contributed by atoms with van der Waals surface area (Å²) in [5, 5.41) is 3.33. The van der Waals surface area contributed by atoms with Crippen molar-refractivity contribution in [2.75, 3.05) is 6.54 Å². The lowest BCUT2D eigenvalue weighted by atomic mass is 9.97. The van der Waals surface area contributed by atoms with Gasteiger partial charge >= 0.3 is 0 Å². The second-order valence-electron chi connectivity index (χ2n) is 3.95. The molecule has 1 aliphatic carbocycles. The Bertz CT molecular complexity index is 219. The average molecular weight is 179 g/mol. The van der Waals surface area contributed by atoms with E-state index in [-0.39, 0.29) is 5.41 Å². The molecule has 1 N–H and O–H groups in total. The van der Waals surface area contributed by atoms with Gasteiger partial charge in [-0.1, -0.05) is 32.9 Å². The topological polar surface area (TPSA) is 12.0 Å². The van der Waals surface area contributed by atoms with Crippen molar-refractivity contribution in [2.45, 2.75) is 27.2 Å². The van der Waals surface area contributed by atoms with Gasteiger partial charge in [-0.3, -0.25) is 0 Å². The molecule has 74 valence electrons. The summed E-state index contributed by atoms with van der Waals surface area (Å²) in [6, 6.07) is 0. The van der Waals surface area contributed by atoms with Crippen LogP contribution in [0.15, 0.2) is 24.9 Å². The first-order valence-electron chi connectivity index (χ1n) is 5.21. The highest BCUT2D eigenvalue weighted by atomic mass is 14.9. The third kappa shape index (κ3) is 1.31. The molecule has 3 atom stereocenters. The van der Waals surface area contributed by atoms with E-state index in [4.69, 9.17) is 0 Å². The molecule has 0 saturated heterocycles. The minimum absolute atomic E-state index is 0.185. The number of hydrogen-bond donors (Lipinski definition) is 1. The van der Waals surface area contributed by atoms with E-state index in [1.54, 1.807) is 0 Å².